The van der Waals surface area contributed by atoms with Gasteiger partial charge in [-0.2, -0.15) is 0 Å². The van der Waals surface area contributed by atoms with Crippen molar-refractivity contribution in [3.8, 4) is 34.5 Å². The van der Waals surface area contributed by atoms with Crippen LogP contribution in [0.1, 0.15) is 10.4 Å². The fraction of sp³-hybridized carbons (Fsp3) is 0.235. The summed E-state index contributed by atoms with van der Waals surface area (Å²) in [7, 11) is 4.92. The van der Waals surface area contributed by atoms with Gasteiger partial charge in [-0.1, -0.05) is 0 Å². The van der Waals surface area contributed by atoms with Crippen LogP contribution in [0.25, 0.3) is 0 Å². The van der Waals surface area contributed by atoms with E-state index in [1.807, 2.05) is 0 Å². The molecule has 0 fully saturated rings. The van der Waals surface area contributed by atoms with Crippen molar-refractivity contribution in [1.82, 2.24) is 0 Å². The van der Waals surface area contributed by atoms with Gasteiger partial charge in [-0.25, -0.2) is 4.79 Å². The third-order valence-corrected chi connectivity index (χ3v) is 3.50. The maximum Gasteiger partial charge on any atom is 0.573 e. The smallest absolute Gasteiger partial charge is 0.486 e. The third-order valence-electron chi connectivity index (χ3n) is 3.50. The van der Waals surface area contributed by atoms with E-state index in [1.165, 1.54) is 6.07 Å². The number of fused-ring (bicyclic) bond motifs is 1. The van der Waals surface area contributed by atoms with Crippen LogP contribution in [0.5, 0.6) is 34.5 Å². The molecule has 1 aliphatic heterocycles. The van der Waals surface area contributed by atoms with Crippen LogP contribution in [0.3, 0.4) is 0 Å². The first-order chi connectivity index (χ1) is 13.9. The number of carboxylic acid groups (broad SMARTS) is 1. The van der Waals surface area contributed by atoms with Gasteiger partial charge in [0.2, 0.25) is 7.85 Å². The monoisotopic (exact) mass is 428 g/mol. The van der Waals surface area contributed by atoms with E-state index in [0.717, 1.165) is 18.2 Å². The van der Waals surface area contributed by atoms with E-state index < -0.39 is 35.5 Å². The molecule has 158 valence electrons. The molecule has 1 heterocycles. The van der Waals surface area contributed by atoms with Gasteiger partial charge in [-0.15, -0.1) is 13.2 Å². The van der Waals surface area contributed by atoms with Crippen molar-refractivity contribution in [3.05, 3.63) is 35.9 Å². The van der Waals surface area contributed by atoms with Crippen LogP contribution in [0.4, 0.5) is 13.2 Å². The van der Waals surface area contributed by atoms with Gasteiger partial charge in [0.05, 0.1) is 0 Å². The molecule has 0 saturated heterocycles. The Hall–Kier alpha value is -3.32. The molecule has 13 heteroatoms. The molecule has 3 rings (SSSR count). The van der Waals surface area contributed by atoms with E-state index in [2.05, 4.69) is 9.47 Å². The van der Waals surface area contributed by atoms with Crippen LogP contribution in [0.15, 0.2) is 30.3 Å². The second-order valence-electron chi connectivity index (χ2n) is 5.82. The number of halogens is 3. The van der Waals surface area contributed by atoms with Crippen LogP contribution < -0.4 is 23.7 Å². The predicted molar refractivity (Wildman–Crippen MR) is 91.1 cm³/mol. The average molecular weight is 428 g/mol. The van der Waals surface area contributed by atoms with Gasteiger partial charge in [0.15, 0.2) is 23.0 Å². The first-order valence-corrected chi connectivity index (χ1v) is 8.08. The lowest BCUT2D eigenvalue weighted by molar-refractivity contribution is -0.274. The minimum Gasteiger partial charge on any atom is -0.486 e. The molecule has 2 aromatic carbocycles. The maximum absolute atomic E-state index is 12.5. The fourth-order valence-corrected chi connectivity index (χ4v) is 2.45. The first kappa shape index (κ1) is 21.4. The largest absolute Gasteiger partial charge is 0.573 e. The number of aliphatic hydroxyl groups is 2. The van der Waals surface area contributed by atoms with Crippen molar-refractivity contribution >= 4 is 13.8 Å². The van der Waals surface area contributed by atoms with E-state index in [1.54, 1.807) is 0 Å². The molecule has 0 atom stereocenters. The molecular weight excluding hydrogens is 416 g/mol. The molecule has 0 spiro atoms. The lowest BCUT2D eigenvalue weighted by atomic mass is 10.1. The van der Waals surface area contributed by atoms with E-state index in [4.69, 9.17) is 22.1 Å². The maximum atomic E-state index is 12.5. The van der Waals surface area contributed by atoms with Crippen LogP contribution >= 0.6 is 0 Å². The number of hydrogen-bond acceptors (Lipinski definition) is 8. The Kier molecular flexibility index (Phi) is 5.59. The zero-order chi connectivity index (χ0) is 22.1. The van der Waals surface area contributed by atoms with E-state index >= 15 is 0 Å². The van der Waals surface area contributed by atoms with Crippen molar-refractivity contribution in [3.63, 3.8) is 0 Å². The van der Waals surface area contributed by atoms with Crippen LogP contribution in [-0.2, 0) is 0 Å². The Morgan fingerprint density at radius 2 is 1.60 bits per heavy atom. The third kappa shape index (κ3) is 5.39. The molecule has 0 bridgehead atoms. The van der Waals surface area contributed by atoms with E-state index in [0.29, 0.717) is 6.07 Å². The van der Waals surface area contributed by atoms with Crippen molar-refractivity contribution < 1.29 is 57.0 Å². The molecule has 9 nitrogen and oxygen atoms in total. The van der Waals surface area contributed by atoms with Gasteiger partial charge < -0.3 is 39.0 Å². The van der Waals surface area contributed by atoms with Crippen LogP contribution in [-0.4, -0.2) is 54.6 Å². The SMILES string of the molecule is [B]C(O)(O)Oc1cc(OC(F)(F)F)ccc1Oc1cc2c(cc1C(=O)O)OCCO2. The molecule has 2 radical (unpaired) electrons. The van der Waals surface area contributed by atoms with Crippen molar-refractivity contribution in [2.24, 2.45) is 0 Å². The highest BCUT2D eigenvalue weighted by Gasteiger charge is 2.32. The Labute approximate surface area is 167 Å². The molecular formula is C17H12BF3O9. The van der Waals surface area contributed by atoms with Crippen LogP contribution in [0.2, 0.25) is 0 Å². The molecule has 0 unspecified atom stereocenters. The highest BCUT2D eigenvalue weighted by atomic mass is 19.4. The zero-order valence-electron chi connectivity index (χ0n) is 14.8. The number of ether oxygens (including phenoxy) is 5. The van der Waals surface area contributed by atoms with Gasteiger partial charge in [0.25, 0.3) is 5.87 Å². The summed E-state index contributed by atoms with van der Waals surface area (Å²) >= 11 is 0. The molecule has 1 aliphatic rings. The topological polar surface area (TPSA) is 124 Å². The minimum atomic E-state index is -5.04. The number of hydrogen-bond donors (Lipinski definition) is 3. The highest BCUT2D eigenvalue weighted by Crippen LogP contribution is 2.42. The van der Waals surface area contributed by atoms with Gasteiger partial charge in [0, 0.05) is 18.2 Å². The lowest BCUT2D eigenvalue weighted by Gasteiger charge is -2.23. The van der Waals surface area contributed by atoms with Crippen LogP contribution in [0, 0.1) is 0 Å². The number of alkyl halides is 3. The summed E-state index contributed by atoms with van der Waals surface area (Å²) in [5.41, 5.74) is -0.368. The minimum absolute atomic E-state index is 0.156. The molecule has 3 N–H and O–H groups in total. The summed E-state index contributed by atoms with van der Waals surface area (Å²) in [6.45, 7) is 0.401. The molecule has 30 heavy (non-hydrogen) atoms. The number of benzene rings is 2. The lowest BCUT2D eigenvalue weighted by Crippen LogP contribution is -2.35. The van der Waals surface area contributed by atoms with Gasteiger partial charge in [0.1, 0.15) is 30.3 Å². The van der Waals surface area contributed by atoms with Crippen molar-refractivity contribution in [2.45, 2.75) is 12.2 Å². The number of carbonyl (C=O) groups is 1. The Morgan fingerprint density at radius 1 is 0.967 bits per heavy atom. The van der Waals surface area contributed by atoms with Gasteiger partial charge in [-0.05, 0) is 12.1 Å². The number of aromatic carboxylic acids is 1. The van der Waals surface area contributed by atoms with Crippen molar-refractivity contribution in [1.29, 1.82) is 0 Å². The van der Waals surface area contributed by atoms with Gasteiger partial charge in [-0.3, -0.25) is 0 Å². The second kappa shape index (κ2) is 7.84. The summed E-state index contributed by atoms with van der Waals surface area (Å²) < 4.78 is 61.8. The van der Waals surface area contributed by atoms with E-state index in [-0.39, 0.29) is 36.0 Å². The Balaban J connectivity index is 2.01. The van der Waals surface area contributed by atoms with E-state index in [9.17, 15) is 33.3 Å². The predicted octanol–water partition coefficient (Wildman–Crippen LogP) is 1.99. The summed E-state index contributed by atoms with van der Waals surface area (Å²) in [6.07, 6.45) is -5.04. The summed E-state index contributed by atoms with van der Waals surface area (Å²) in [5, 5.41) is 27.9. The summed E-state index contributed by atoms with van der Waals surface area (Å²) in [4.78, 5) is 11.6. The molecule has 0 amide bonds. The van der Waals surface area contributed by atoms with Crippen molar-refractivity contribution in [2.75, 3.05) is 13.2 Å². The Bertz CT molecular complexity index is 957. The zero-order valence-corrected chi connectivity index (χ0v) is 14.8. The average Bonchev–Trinajstić information content (AvgIpc) is 2.60. The number of rotatable bonds is 6. The number of carboxylic acids is 1. The molecule has 0 aliphatic carbocycles. The summed E-state index contributed by atoms with van der Waals surface area (Å²) in [6, 6.07) is 4.70. The standard InChI is InChI=1S/C17H12BF3O9/c18-16(24,25)30-14-5-8(29-17(19,20)21)1-2-10(14)28-11-7-13-12(26-3-4-27-13)6-9(11)15(22)23/h1-2,5-7,24-25H,3-4H2,(H,22,23). The quantitative estimate of drug-likeness (QED) is 0.468. The molecule has 0 aromatic heterocycles. The summed E-state index contributed by atoms with van der Waals surface area (Å²) in [5.74, 6) is -6.52. The van der Waals surface area contributed by atoms with Gasteiger partial charge >= 0.3 is 12.3 Å². The molecule has 2 aromatic rings. The Morgan fingerprint density at radius 3 is 2.17 bits per heavy atom. The highest BCUT2D eigenvalue weighted by molar-refractivity contribution is 6.12. The first-order valence-electron chi connectivity index (χ1n) is 8.08. The fourth-order valence-electron chi connectivity index (χ4n) is 2.45. The normalized spacial score (nSPS) is 13.5. The second-order valence-corrected chi connectivity index (χ2v) is 5.82. The molecule has 0 saturated carbocycles.